The minimum absolute atomic E-state index is 0.240. The van der Waals surface area contributed by atoms with Crippen LogP contribution in [0.2, 0.25) is 0 Å². The Balaban J connectivity index is 1.70. The standard InChI is InChI=1S/C21H22FN3OS/c1-15-9-11-16(12-10-15)25-20(18-7-2-3-8-19(18)22)23-24-21(25)27-14-17-6-4-5-13-26-17/h2-3,7-12,17H,4-6,13-14H2,1H3/t17-/m0/s1. The molecule has 0 unspecified atom stereocenters. The molecule has 4 nitrogen and oxygen atoms in total. The maximum Gasteiger partial charge on any atom is 0.196 e. The largest absolute Gasteiger partial charge is 0.377 e. The number of thioether (sulfide) groups is 1. The van der Waals surface area contributed by atoms with E-state index in [9.17, 15) is 4.39 Å². The highest BCUT2D eigenvalue weighted by molar-refractivity contribution is 7.99. The van der Waals surface area contributed by atoms with Crippen LogP contribution in [0.15, 0.2) is 53.7 Å². The third kappa shape index (κ3) is 4.06. The van der Waals surface area contributed by atoms with Crippen LogP contribution in [0.1, 0.15) is 24.8 Å². The molecule has 6 heteroatoms. The summed E-state index contributed by atoms with van der Waals surface area (Å²) in [6.45, 7) is 2.88. The lowest BCUT2D eigenvalue weighted by atomic mass is 10.1. The van der Waals surface area contributed by atoms with Crippen molar-refractivity contribution in [3.63, 3.8) is 0 Å². The van der Waals surface area contributed by atoms with Crippen LogP contribution in [0.3, 0.4) is 0 Å². The van der Waals surface area contributed by atoms with E-state index in [-0.39, 0.29) is 11.9 Å². The molecule has 0 aliphatic carbocycles. The average molecular weight is 383 g/mol. The first kappa shape index (κ1) is 18.2. The molecule has 2 aromatic carbocycles. The monoisotopic (exact) mass is 383 g/mol. The van der Waals surface area contributed by atoms with Crippen LogP contribution in [0.4, 0.5) is 4.39 Å². The number of halogens is 1. The number of aromatic nitrogens is 3. The summed E-state index contributed by atoms with van der Waals surface area (Å²) >= 11 is 1.62. The number of benzene rings is 2. The van der Waals surface area contributed by atoms with Gasteiger partial charge in [-0.05, 0) is 50.5 Å². The van der Waals surface area contributed by atoms with E-state index in [1.807, 2.05) is 41.8 Å². The Labute approximate surface area is 162 Å². The van der Waals surface area contributed by atoms with Gasteiger partial charge < -0.3 is 4.74 Å². The Morgan fingerprint density at radius 3 is 2.67 bits per heavy atom. The van der Waals surface area contributed by atoms with Gasteiger partial charge in [0.15, 0.2) is 11.0 Å². The molecule has 0 bridgehead atoms. The minimum Gasteiger partial charge on any atom is -0.377 e. The Bertz CT molecular complexity index is 904. The summed E-state index contributed by atoms with van der Waals surface area (Å²) in [5.74, 6) is 1.04. The summed E-state index contributed by atoms with van der Waals surface area (Å²) in [6, 6.07) is 14.8. The van der Waals surface area contributed by atoms with E-state index in [0.29, 0.717) is 11.4 Å². The fraction of sp³-hybridized carbons (Fsp3) is 0.333. The molecule has 0 radical (unpaired) electrons. The van der Waals surface area contributed by atoms with Crippen LogP contribution in [0.5, 0.6) is 0 Å². The number of ether oxygens (including phenoxy) is 1. The zero-order chi connectivity index (χ0) is 18.6. The van der Waals surface area contributed by atoms with Crippen molar-refractivity contribution in [2.24, 2.45) is 0 Å². The second-order valence-corrected chi connectivity index (χ2v) is 7.74. The van der Waals surface area contributed by atoms with Crippen LogP contribution in [0, 0.1) is 12.7 Å². The first-order valence-corrected chi connectivity index (χ1v) is 10.2. The van der Waals surface area contributed by atoms with E-state index >= 15 is 0 Å². The maximum atomic E-state index is 14.4. The molecule has 1 aliphatic rings. The van der Waals surface area contributed by atoms with Crippen molar-refractivity contribution >= 4 is 11.8 Å². The van der Waals surface area contributed by atoms with E-state index < -0.39 is 0 Å². The Morgan fingerprint density at radius 2 is 1.93 bits per heavy atom. The molecule has 2 heterocycles. The molecule has 1 aliphatic heterocycles. The molecule has 1 saturated heterocycles. The molecule has 1 aromatic heterocycles. The average Bonchev–Trinajstić information content (AvgIpc) is 3.12. The van der Waals surface area contributed by atoms with Crippen LogP contribution < -0.4 is 0 Å². The van der Waals surface area contributed by atoms with Gasteiger partial charge in [-0.1, -0.05) is 41.6 Å². The molecule has 0 N–H and O–H groups in total. The molecular weight excluding hydrogens is 361 g/mol. The zero-order valence-electron chi connectivity index (χ0n) is 15.3. The molecular formula is C21H22FN3OS. The molecule has 3 aromatic rings. The summed E-state index contributed by atoms with van der Waals surface area (Å²) in [7, 11) is 0. The van der Waals surface area contributed by atoms with E-state index in [2.05, 4.69) is 10.2 Å². The van der Waals surface area contributed by atoms with Crippen molar-refractivity contribution in [2.45, 2.75) is 37.4 Å². The summed E-state index contributed by atoms with van der Waals surface area (Å²) < 4.78 is 22.2. The molecule has 1 atom stereocenters. The summed E-state index contributed by atoms with van der Waals surface area (Å²) in [6.07, 6.45) is 3.66. The Morgan fingerprint density at radius 1 is 1.11 bits per heavy atom. The second kappa shape index (κ2) is 8.23. The van der Waals surface area contributed by atoms with Crippen molar-refractivity contribution in [2.75, 3.05) is 12.4 Å². The molecule has 0 amide bonds. The predicted octanol–water partition coefficient (Wildman–Crippen LogP) is 5.04. The Kier molecular flexibility index (Phi) is 5.55. The molecule has 0 spiro atoms. The van der Waals surface area contributed by atoms with E-state index in [1.54, 1.807) is 23.9 Å². The van der Waals surface area contributed by atoms with Gasteiger partial charge in [0.1, 0.15) is 5.82 Å². The van der Waals surface area contributed by atoms with Gasteiger partial charge in [-0.25, -0.2) is 4.39 Å². The maximum absolute atomic E-state index is 14.4. The lowest BCUT2D eigenvalue weighted by molar-refractivity contribution is 0.0315. The van der Waals surface area contributed by atoms with Gasteiger partial charge in [0.2, 0.25) is 0 Å². The Hall–Kier alpha value is -2.18. The third-order valence-corrected chi connectivity index (χ3v) is 5.77. The highest BCUT2D eigenvalue weighted by Crippen LogP contribution is 2.30. The van der Waals surface area contributed by atoms with Crippen molar-refractivity contribution in [3.05, 3.63) is 59.9 Å². The lowest BCUT2D eigenvalue weighted by Gasteiger charge is -2.22. The lowest BCUT2D eigenvalue weighted by Crippen LogP contribution is -2.21. The van der Waals surface area contributed by atoms with Crippen molar-refractivity contribution in [1.29, 1.82) is 0 Å². The van der Waals surface area contributed by atoms with Gasteiger partial charge in [-0.2, -0.15) is 0 Å². The number of aryl methyl sites for hydroxylation is 1. The summed E-state index contributed by atoms with van der Waals surface area (Å²) in [4.78, 5) is 0. The van der Waals surface area contributed by atoms with Crippen molar-refractivity contribution in [3.8, 4) is 17.1 Å². The van der Waals surface area contributed by atoms with E-state index in [1.165, 1.54) is 18.1 Å². The number of rotatable bonds is 5. The van der Waals surface area contributed by atoms with Gasteiger partial charge in [0.25, 0.3) is 0 Å². The van der Waals surface area contributed by atoms with Gasteiger partial charge in [0, 0.05) is 18.0 Å². The molecule has 140 valence electrons. The summed E-state index contributed by atoms with van der Waals surface area (Å²) in [5.41, 5.74) is 2.55. The third-order valence-electron chi connectivity index (χ3n) is 4.71. The SMILES string of the molecule is Cc1ccc(-n2c(SC[C@@H]3CCCCO3)nnc2-c2ccccc2F)cc1. The smallest absolute Gasteiger partial charge is 0.196 e. The van der Waals surface area contributed by atoms with Crippen LogP contribution in [-0.2, 0) is 4.74 Å². The first-order chi connectivity index (χ1) is 13.2. The highest BCUT2D eigenvalue weighted by atomic mass is 32.2. The topological polar surface area (TPSA) is 39.9 Å². The predicted molar refractivity (Wildman–Crippen MR) is 106 cm³/mol. The highest BCUT2D eigenvalue weighted by Gasteiger charge is 2.21. The fourth-order valence-corrected chi connectivity index (χ4v) is 4.23. The molecule has 0 saturated carbocycles. The second-order valence-electron chi connectivity index (χ2n) is 6.76. The summed E-state index contributed by atoms with van der Waals surface area (Å²) in [5, 5.41) is 9.45. The van der Waals surface area contributed by atoms with Crippen molar-refractivity contribution in [1.82, 2.24) is 14.8 Å². The zero-order valence-corrected chi connectivity index (χ0v) is 16.1. The molecule has 27 heavy (non-hydrogen) atoms. The van der Waals surface area contributed by atoms with Gasteiger partial charge in [0.05, 0.1) is 11.7 Å². The fourth-order valence-electron chi connectivity index (χ4n) is 3.21. The van der Waals surface area contributed by atoms with Crippen LogP contribution in [-0.4, -0.2) is 33.2 Å². The van der Waals surface area contributed by atoms with Crippen LogP contribution >= 0.6 is 11.8 Å². The number of nitrogens with zero attached hydrogens (tertiary/aromatic N) is 3. The van der Waals surface area contributed by atoms with Gasteiger partial charge in [-0.3, -0.25) is 4.57 Å². The van der Waals surface area contributed by atoms with Crippen molar-refractivity contribution < 1.29 is 9.13 Å². The first-order valence-electron chi connectivity index (χ1n) is 9.24. The van der Waals surface area contributed by atoms with Gasteiger partial charge >= 0.3 is 0 Å². The van der Waals surface area contributed by atoms with E-state index in [4.69, 9.17) is 4.74 Å². The quantitative estimate of drug-likeness (QED) is 0.579. The van der Waals surface area contributed by atoms with Gasteiger partial charge in [-0.15, -0.1) is 10.2 Å². The number of hydrogen-bond acceptors (Lipinski definition) is 4. The normalized spacial score (nSPS) is 17.2. The minimum atomic E-state index is -0.301. The number of hydrogen-bond donors (Lipinski definition) is 0. The molecule has 4 rings (SSSR count). The molecule has 1 fully saturated rings. The van der Waals surface area contributed by atoms with Crippen LogP contribution in [0.25, 0.3) is 17.1 Å². The van der Waals surface area contributed by atoms with E-state index in [0.717, 1.165) is 36.0 Å².